The molecule has 0 radical (unpaired) electrons. The Hall–Kier alpha value is -2.69. The molecule has 2 amide bonds. The van der Waals surface area contributed by atoms with Gasteiger partial charge in [0.25, 0.3) is 11.8 Å². The molecule has 2 heterocycles. The summed E-state index contributed by atoms with van der Waals surface area (Å²) in [5.74, 6) is -0.263. The zero-order valence-electron chi connectivity index (χ0n) is 16.7. The molecule has 1 N–H and O–H groups in total. The molecule has 0 aromatic heterocycles. The number of aliphatic imine (C=N–C) groups is 1. The third-order valence-electron chi connectivity index (χ3n) is 5.22. The van der Waals surface area contributed by atoms with Gasteiger partial charge in [-0.15, -0.1) is 0 Å². The van der Waals surface area contributed by atoms with E-state index in [9.17, 15) is 9.59 Å². The molecule has 0 aliphatic carbocycles. The molecule has 5 nitrogen and oxygen atoms in total. The number of hydrogen-bond acceptors (Lipinski definition) is 3. The number of nitrogens with one attached hydrogen (secondary N) is 1. The van der Waals surface area contributed by atoms with Crippen LogP contribution in [-0.2, 0) is 4.79 Å². The summed E-state index contributed by atoms with van der Waals surface area (Å²) in [6, 6.07) is 7.53. The number of likely N-dealkylation sites (N-methyl/N-ethyl adjacent to an activating group) is 1. The van der Waals surface area contributed by atoms with Crippen molar-refractivity contribution in [2.45, 2.75) is 34.6 Å². The second-order valence-corrected chi connectivity index (χ2v) is 7.84. The van der Waals surface area contributed by atoms with E-state index in [-0.39, 0.29) is 17.2 Å². The number of carbonyl (C=O) groups excluding carboxylic acids is 2. The van der Waals surface area contributed by atoms with Gasteiger partial charge in [-0.25, -0.2) is 0 Å². The molecule has 1 aromatic carbocycles. The smallest absolute Gasteiger partial charge is 0.257 e. The van der Waals surface area contributed by atoms with Crippen molar-refractivity contribution in [2.75, 3.05) is 19.6 Å². The summed E-state index contributed by atoms with van der Waals surface area (Å²) in [6.07, 6.45) is 1.71. The van der Waals surface area contributed by atoms with E-state index in [4.69, 9.17) is 0 Å². The van der Waals surface area contributed by atoms with E-state index in [1.54, 1.807) is 11.1 Å². The van der Waals surface area contributed by atoms with E-state index >= 15 is 0 Å². The molecule has 0 unspecified atom stereocenters. The van der Waals surface area contributed by atoms with Crippen LogP contribution in [0.4, 0.5) is 0 Å². The van der Waals surface area contributed by atoms with Gasteiger partial charge in [0.1, 0.15) is 0 Å². The van der Waals surface area contributed by atoms with Gasteiger partial charge in [-0.1, -0.05) is 31.5 Å². The predicted molar refractivity (Wildman–Crippen MR) is 108 cm³/mol. The molecule has 5 heteroatoms. The summed E-state index contributed by atoms with van der Waals surface area (Å²) in [7, 11) is 0. The average molecular weight is 365 g/mol. The summed E-state index contributed by atoms with van der Waals surface area (Å²) >= 11 is 0. The van der Waals surface area contributed by atoms with Crippen molar-refractivity contribution >= 4 is 17.5 Å². The van der Waals surface area contributed by atoms with Gasteiger partial charge >= 0.3 is 0 Å². The minimum absolute atomic E-state index is 0.0966. The van der Waals surface area contributed by atoms with Gasteiger partial charge in [-0.05, 0) is 38.5 Å². The van der Waals surface area contributed by atoms with Crippen LogP contribution in [0, 0.1) is 12.3 Å². The highest BCUT2D eigenvalue weighted by atomic mass is 16.2. The molecule has 2 aliphatic rings. The van der Waals surface area contributed by atoms with Crippen molar-refractivity contribution in [1.29, 1.82) is 0 Å². The summed E-state index contributed by atoms with van der Waals surface area (Å²) in [5.41, 5.74) is 4.85. The van der Waals surface area contributed by atoms with E-state index in [2.05, 4.69) is 24.2 Å². The van der Waals surface area contributed by atoms with Crippen LogP contribution in [0.25, 0.3) is 0 Å². The fraction of sp³-hybridized carbons (Fsp3) is 0.409. The van der Waals surface area contributed by atoms with Gasteiger partial charge in [0, 0.05) is 41.6 Å². The molecule has 27 heavy (non-hydrogen) atoms. The van der Waals surface area contributed by atoms with E-state index < -0.39 is 0 Å². The molecule has 0 fully saturated rings. The van der Waals surface area contributed by atoms with Crippen molar-refractivity contribution in [3.63, 3.8) is 0 Å². The summed E-state index contributed by atoms with van der Waals surface area (Å²) in [4.78, 5) is 32.2. The SMILES string of the molecule is CCNC(=O)C1=CN(C(=O)c2ccc(C)cc2)CC(C)(C)C2=C1C(C)=NC2. The van der Waals surface area contributed by atoms with Crippen LogP contribution in [0.5, 0.6) is 0 Å². The topological polar surface area (TPSA) is 61.8 Å². The quantitative estimate of drug-likeness (QED) is 0.894. The average Bonchev–Trinajstić information content (AvgIpc) is 2.95. The van der Waals surface area contributed by atoms with Crippen molar-refractivity contribution < 1.29 is 9.59 Å². The third-order valence-corrected chi connectivity index (χ3v) is 5.22. The largest absolute Gasteiger partial charge is 0.352 e. The highest BCUT2D eigenvalue weighted by Gasteiger charge is 2.38. The van der Waals surface area contributed by atoms with E-state index in [1.165, 1.54) is 0 Å². The van der Waals surface area contributed by atoms with E-state index in [0.717, 1.165) is 22.4 Å². The first-order valence-corrected chi connectivity index (χ1v) is 9.37. The van der Waals surface area contributed by atoms with Crippen LogP contribution in [0.1, 0.15) is 43.6 Å². The first-order valence-electron chi connectivity index (χ1n) is 9.37. The highest BCUT2D eigenvalue weighted by Crippen LogP contribution is 2.39. The predicted octanol–water partition coefficient (Wildman–Crippen LogP) is 3.27. The lowest BCUT2D eigenvalue weighted by Crippen LogP contribution is -2.36. The summed E-state index contributed by atoms with van der Waals surface area (Å²) in [5, 5.41) is 2.88. The number of hydrogen-bond donors (Lipinski definition) is 1. The van der Waals surface area contributed by atoms with Gasteiger partial charge in [0.2, 0.25) is 0 Å². The maximum atomic E-state index is 13.2. The normalized spacial score (nSPS) is 18.5. The van der Waals surface area contributed by atoms with E-state index in [0.29, 0.717) is 30.8 Å². The number of carbonyl (C=O) groups is 2. The highest BCUT2D eigenvalue weighted by molar-refractivity contribution is 6.15. The Morgan fingerprint density at radius 3 is 2.48 bits per heavy atom. The lowest BCUT2D eigenvalue weighted by atomic mass is 9.80. The van der Waals surface area contributed by atoms with Crippen LogP contribution in [0.2, 0.25) is 0 Å². The first kappa shape index (κ1) is 19.1. The standard InChI is InChI=1S/C22H27N3O2/c1-6-23-20(26)17-12-25(21(27)16-9-7-14(2)8-10-16)13-22(4,5)18-11-24-15(3)19(17)18/h7-10,12H,6,11,13H2,1-5H3,(H,23,26). The van der Waals surface area contributed by atoms with Crippen molar-refractivity contribution in [3.05, 3.63) is 58.3 Å². The molecule has 0 saturated heterocycles. The zero-order valence-corrected chi connectivity index (χ0v) is 16.7. The lowest BCUT2D eigenvalue weighted by Gasteiger charge is -2.30. The molecule has 0 atom stereocenters. The third kappa shape index (κ3) is 3.59. The minimum Gasteiger partial charge on any atom is -0.352 e. The fourth-order valence-corrected chi connectivity index (χ4v) is 3.69. The number of nitrogens with zero attached hydrogens (tertiary/aromatic N) is 2. The summed E-state index contributed by atoms with van der Waals surface area (Å²) in [6.45, 7) is 11.7. The number of amides is 2. The van der Waals surface area contributed by atoms with Crippen LogP contribution in [0.3, 0.4) is 0 Å². The van der Waals surface area contributed by atoms with Gasteiger partial charge in [0.15, 0.2) is 0 Å². The zero-order chi connectivity index (χ0) is 19.8. The molecular weight excluding hydrogens is 338 g/mol. The van der Waals surface area contributed by atoms with Crippen molar-refractivity contribution in [2.24, 2.45) is 10.4 Å². The van der Waals surface area contributed by atoms with Gasteiger partial charge in [-0.2, -0.15) is 0 Å². The van der Waals surface area contributed by atoms with Gasteiger partial charge in [0.05, 0.1) is 12.1 Å². The monoisotopic (exact) mass is 365 g/mol. The molecule has 1 aromatic rings. The Morgan fingerprint density at radius 1 is 1.19 bits per heavy atom. The number of aryl methyl sites for hydroxylation is 1. The Balaban J connectivity index is 2.08. The Morgan fingerprint density at radius 2 is 1.85 bits per heavy atom. The molecule has 0 saturated carbocycles. The van der Waals surface area contributed by atoms with Crippen molar-refractivity contribution in [3.8, 4) is 0 Å². The second-order valence-electron chi connectivity index (χ2n) is 7.84. The van der Waals surface area contributed by atoms with Crippen LogP contribution in [-0.4, -0.2) is 42.1 Å². The minimum atomic E-state index is -0.276. The Labute approximate surface area is 160 Å². The Bertz CT molecular complexity index is 873. The molecular formula is C22H27N3O2. The molecule has 0 bridgehead atoms. The second kappa shape index (κ2) is 7.14. The molecule has 0 spiro atoms. The first-order chi connectivity index (χ1) is 12.7. The van der Waals surface area contributed by atoms with Crippen LogP contribution in [0.15, 0.2) is 52.2 Å². The van der Waals surface area contributed by atoms with E-state index in [1.807, 2.05) is 45.0 Å². The van der Waals surface area contributed by atoms with Gasteiger partial charge < -0.3 is 10.2 Å². The maximum absolute atomic E-state index is 13.2. The van der Waals surface area contributed by atoms with Crippen molar-refractivity contribution in [1.82, 2.24) is 10.2 Å². The maximum Gasteiger partial charge on any atom is 0.257 e. The molecule has 3 rings (SSSR count). The Kier molecular flexibility index (Phi) is 5.05. The lowest BCUT2D eigenvalue weighted by molar-refractivity contribution is -0.117. The van der Waals surface area contributed by atoms with Gasteiger partial charge in [-0.3, -0.25) is 14.6 Å². The molecule has 142 valence electrons. The number of benzene rings is 1. The van der Waals surface area contributed by atoms with Crippen LogP contribution < -0.4 is 5.32 Å². The fourth-order valence-electron chi connectivity index (χ4n) is 3.69. The van der Waals surface area contributed by atoms with Crippen LogP contribution >= 0.6 is 0 Å². The number of rotatable bonds is 3. The molecule has 2 aliphatic heterocycles. The summed E-state index contributed by atoms with van der Waals surface area (Å²) < 4.78 is 0.